The predicted molar refractivity (Wildman–Crippen MR) is 351 cm³/mol. The second-order valence-corrected chi connectivity index (χ2v) is 37.6. The van der Waals surface area contributed by atoms with Crippen LogP contribution in [0.1, 0.15) is 169 Å². The molecule has 0 fully saturated rings. The highest BCUT2D eigenvalue weighted by molar-refractivity contribution is 6.91. The SMILES string of the molecule is CC(C)[Si](C#Cc1c2ccccc2c(C#Cc2ccc([N+](=O)[O-])cc2)c2ccc3[nH]c4ccc5c(C#Cc6cc(C(C)(C)C)cc(C(C)(C)C)c6)c6ccccc6c(C#C[Si](C(C)C)(C(C)C)C(C)C)c5c4c3c12)(C(C)C)C(C)C. The zero-order valence-electron chi connectivity index (χ0n) is 50.7. The van der Waals surface area contributed by atoms with E-state index in [0.29, 0.717) is 38.8 Å². The number of nitro benzene ring substituents is 1. The van der Waals surface area contributed by atoms with Crippen LogP contribution in [0.15, 0.2) is 115 Å². The molecule has 0 atom stereocenters. The number of aromatic nitrogens is 1. The lowest BCUT2D eigenvalue weighted by Crippen LogP contribution is -2.43. The molecule has 406 valence electrons. The Morgan fingerprint density at radius 1 is 0.400 bits per heavy atom. The Bertz CT molecular complexity index is 4140. The maximum atomic E-state index is 11.7. The largest absolute Gasteiger partial charge is 0.354 e. The molecule has 0 spiro atoms. The second kappa shape index (κ2) is 21.6. The van der Waals surface area contributed by atoms with Gasteiger partial charge in [0.05, 0.1) is 4.92 Å². The van der Waals surface area contributed by atoms with E-state index in [9.17, 15) is 10.1 Å². The summed E-state index contributed by atoms with van der Waals surface area (Å²) in [6.07, 6.45) is 0. The van der Waals surface area contributed by atoms with Crippen LogP contribution in [0.2, 0.25) is 33.2 Å². The van der Waals surface area contributed by atoms with Gasteiger partial charge in [-0.05, 0) is 124 Å². The van der Waals surface area contributed by atoms with Crippen molar-refractivity contribution in [2.24, 2.45) is 0 Å². The molecule has 9 rings (SSSR count). The maximum absolute atomic E-state index is 11.7. The first-order valence-corrected chi connectivity index (χ1v) is 33.5. The molecule has 0 aliphatic carbocycles. The highest BCUT2D eigenvalue weighted by Gasteiger charge is 2.43. The molecule has 9 aromatic rings. The first-order valence-electron chi connectivity index (χ1n) is 29.0. The lowest BCUT2D eigenvalue weighted by molar-refractivity contribution is -0.384. The van der Waals surface area contributed by atoms with Crippen molar-refractivity contribution in [2.45, 2.75) is 169 Å². The normalized spacial score (nSPS) is 12.5. The third-order valence-corrected chi connectivity index (χ3v) is 30.4. The van der Waals surface area contributed by atoms with E-state index in [0.717, 1.165) is 92.7 Å². The second-order valence-electron chi connectivity index (χ2n) is 26.4. The molecule has 1 heterocycles. The van der Waals surface area contributed by atoms with Crippen LogP contribution < -0.4 is 0 Å². The number of nitrogens with zero attached hydrogens (tertiary/aromatic N) is 1. The molecule has 0 radical (unpaired) electrons. The zero-order chi connectivity index (χ0) is 58.0. The lowest BCUT2D eigenvalue weighted by Gasteiger charge is -2.38. The van der Waals surface area contributed by atoms with Gasteiger partial charge >= 0.3 is 0 Å². The summed E-state index contributed by atoms with van der Waals surface area (Å²) in [5.74, 6) is 23.0. The predicted octanol–water partition coefficient (Wildman–Crippen LogP) is 20.4. The summed E-state index contributed by atoms with van der Waals surface area (Å²) in [5, 5.41) is 22.4. The topological polar surface area (TPSA) is 58.9 Å². The number of hydrogen-bond donors (Lipinski definition) is 1. The molecule has 0 aliphatic heterocycles. The van der Waals surface area contributed by atoms with Crippen LogP contribution in [0.5, 0.6) is 0 Å². The summed E-state index contributed by atoms with van der Waals surface area (Å²) < 4.78 is 0. The van der Waals surface area contributed by atoms with E-state index in [2.05, 4.69) is 267 Å². The molecule has 0 aliphatic rings. The van der Waals surface area contributed by atoms with Crippen molar-refractivity contribution >= 4 is 86.7 Å². The van der Waals surface area contributed by atoms with E-state index >= 15 is 0 Å². The van der Waals surface area contributed by atoms with Gasteiger partial charge in [-0.3, -0.25) is 10.1 Å². The molecule has 0 saturated heterocycles. The molecule has 6 heteroatoms. The summed E-state index contributed by atoms with van der Waals surface area (Å²) in [4.78, 5) is 15.3. The first kappa shape index (κ1) is 57.4. The van der Waals surface area contributed by atoms with Crippen LogP contribution in [0.4, 0.5) is 5.69 Å². The van der Waals surface area contributed by atoms with E-state index < -0.39 is 16.1 Å². The van der Waals surface area contributed by atoms with Gasteiger partial charge in [0, 0.05) is 78.1 Å². The average molecular weight is 1090 g/mol. The Morgan fingerprint density at radius 2 is 0.750 bits per heavy atom. The zero-order valence-corrected chi connectivity index (χ0v) is 52.7. The van der Waals surface area contributed by atoms with Gasteiger partial charge in [-0.25, -0.2) is 0 Å². The van der Waals surface area contributed by atoms with Gasteiger partial charge in [-0.1, -0.05) is 227 Å². The van der Waals surface area contributed by atoms with Gasteiger partial charge in [0.15, 0.2) is 0 Å². The van der Waals surface area contributed by atoms with Crippen molar-refractivity contribution in [1.82, 2.24) is 4.98 Å². The monoisotopic (exact) mass is 1080 g/mol. The molecule has 80 heavy (non-hydrogen) atoms. The number of rotatable bonds is 7. The van der Waals surface area contributed by atoms with Gasteiger partial charge in [0.2, 0.25) is 0 Å². The van der Waals surface area contributed by atoms with Gasteiger partial charge in [-0.2, -0.15) is 0 Å². The van der Waals surface area contributed by atoms with Gasteiger partial charge in [-0.15, -0.1) is 11.1 Å². The van der Waals surface area contributed by atoms with E-state index in [1.807, 2.05) is 0 Å². The lowest BCUT2D eigenvalue weighted by atomic mass is 9.79. The summed E-state index contributed by atoms with van der Waals surface area (Å²) in [5.41, 5.74) is 21.1. The van der Waals surface area contributed by atoms with Crippen molar-refractivity contribution in [3.05, 3.63) is 170 Å². The number of nitrogens with one attached hydrogen (secondary N) is 1. The number of benzene rings is 8. The molecule has 1 aromatic heterocycles. The highest BCUT2D eigenvalue weighted by Crippen LogP contribution is 2.47. The molecule has 0 unspecified atom stereocenters. The quantitative estimate of drug-likeness (QED) is 0.0568. The molecule has 8 aromatic carbocycles. The Kier molecular flexibility index (Phi) is 15.5. The minimum Gasteiger partial charge on any atom is -0.354 e. The van der Waals surface area contributed by atoms with Gasteiger partial charge in [0.1, 0.15) is 16.1 Å². The van der Waals surface area contributed by atoms with E-state index in [-0.39, 0.29) is 21.4 Å². The molecule has 1 N–H and O–H groups in total. The van der Waals surface area contributed by atoms with E-state index in [1.54, 1.807) is 12.1 Å². The smallest absolute Gasteiger partial charge is 0.269 e. The number of hydrogen-bond acceptors (Lipinski definition) is 2. The fourth-order valence-electron chi connectivity index (χ4n) is 13.6. The van der Waals surface area contributed by atoms with Crippen molar-refractivity contribution in [3.63, 3.8) is 0 Å². The third-order valence-electron chi connectivity index (χ3n) is 17.8. The van der Waals surface area contributed by atoms with Crippen LogP contribution in [0.3, 0.4) is 0 Å². The van der Waals surface area contributed by atoms with Gasteiger partial charge < -0.3 is 4.98 Å². The minimum atomic E-state index is -2.26. The molecule has 4 nitrogen and oxygen atoms in total. The Labute approximate surface area is 479 Å². The fraction of sp³-hybridized carbons (Fsp3) is 0.351. The molecule has 0 amide bonds. The third kappa shape index (κ3) is 10.1. The van der Waals surface area contributed by atoms with Crippen molar-refractivity contribution in [2.75, 3.05) is 0 Å². The van der Waals surface area contributed by atoms with Crippen LogP contribution in [-0.2, 0) is 10.8 Å². The van der Waals surface area contributed by atoms with Crippen LogP contribution >= 0.6 is 0 Å². The number of non-ortho nitro benzene ring substituents is 1. The van der Waals surface area contributed by atoms with Crippen LogP contribution in [-0.4, -0.2) is 26.1 Å². The summed E-state index contributed by atoms with van der Waals surface area (Å²) in [6, 6.07) is 39.9. The van der Waals surface area contributed by atoms with Crippen molar-refractivity contribution in [3.8, 4) is 46.6 Å². The number of fused-ring (bicyclic) bond motifs is 9. The Morgan fingerprint density at radius 3 is 1.09 bits per heavy atom. The summed E-state index contributed by atoms with van der Waals surface area (Å²) in [7, 11) is -4.52. The maximum Gasteiger partial charge on any atom is 0.269 e. The minimum absolute atomic E-state index is 0.0354. The molecular weight excluding hydrogens is 1000 g/mol. The highest BCUT2D eigenvalue weighted by atomic mass is 28.3. The Hall–Kier alpha value is -7.33. The first-order chi connectivity index (χ1) is 37.7. The fourth-order valence-corrected chi connectivity index (χ4v) is 24.1. The number of nitro groups is 1. The number of H-pyrrole nitrogens is 1. The molecular formula is C74H80N2O2Si2. The van der Waals surface area contributed by atoms with Crippen molar-refractivity contribution < 1.29 is 4.92 Å². The Balaban J connectivity index is 1.54. The van der Waals surface area contributed by atoms with E-state index in [1.165, 1.54) is 23.3 Å². The van der Waals surface area contributed by atoms with Crippen molar-refractivity contribution in [1.29, 1.82) is 0 Å². The standard InChI is InChI=1S/C74H80N2O2Si2/c1-46(2)79(47(3)4,48(5)6)41-39-65-59-25-21-19-23-57(59)61(33-29-52-27-31-56(32-28-52)76(77)78)63-35-37-67-71(69(63)65)72-68(75-67)38-36-64-62(34-30-53-43-54(73(13,14)15)45-55(44-53)74(16,17)18)58-24-20-22-26-60(58)66(70(64)72)40-42-80(49(7)8,50(9)10)51(11)12/h19-28,31-32,35-38,43-51,75H,1-18H3. The number of aromatic amines is 1. The molecule has 0 bridgehead atoms. The summed E-state index contributed by atoms with van der Waals surface area (Å²) >= 11 is 0. The van der Waals surface area contributed by atoms with Crippen LogP contribution in [0, 0.1) is 56.7 Å². The average Bonchev–Trinajstić information content (AvgIpc) is 4.02. The molecule has 0 saturated carbocycles. The van der Waals surface area contributed by atoms with E-state index in [4.69, 9.17) is 0 Å². The van der Waals surface area contributed by atoms with Gasteiger partial charge in [0.25, 0.3) is 5.69 Å². The summed E-state index contributed by atoms with van der Waals surface area (Å²) in [6.45, 7) is 42.3. The van der Waals surface area contributed by atoms with Crippen LogP contribution in [0.25, 0.3) is 64.9 Å².